The zero-order valence-corrected chi connectivity index (χ0v) is 15.6. The smallest absolute Gasteiger partial charge is 0.115 e. The number of thiophene rings is 1. The van der Waals surface area contributed by atoms with Crippen molar-refractivity contribution in [3.05, 3.63) is 36.9 Å². The lowest BCUT2D eigenvalue weighted by Gasteiger charge is -2.17. The predicted molar refractivity (Wildman–Crippen MR) is 93.0 cm³/mol. The molecule has 0 aliphatic rings. The van der Waals surface area contributed by atoms with Crippen molar-refractivity contribution in [3.63, 3.8) is 0 Å². The number of hydrogen-bond donors (Lipinski definition) is 1. The average Bonchev–Trinajstić information content (AvgIpc) is 2.99. The van der Waals surface area contributed by atoms with E-state index in [9.17, 15) is 0 Å². The summed E-state index contributed by atoms with van der Waals surface area (Å²) in [7, 11) is 0. The van der Waals surface area contributed by atoms with Gasteiger partial charge in [0.15, 0.2) is 0 Å². The third kappa shape index (κ3) is 3.70. The Balaban J connectivity index is 2.32. The number of hydrogen-bond acceptors (Lipinski definition) is 4. The monoisotopic (exact) mass is 372 g/mol. The summed E-state index contributed by atoms with van der Waals surface area (Å²) in [6.45, 7) is 9.82. The van der Waals surface area contributed by atoms with Gasteiger partial charge < -0.3 is 5.32 Å². The van der Waals surface area contributed by atoms with Crippen LogP contribution in [0.15, 0.2) is 21.3 Å². The van der Waals surface area contributed by atoms with Crippen LogP contribution in [0.1, 0.15) is 55.7 Å². The van der Waals surface area contributed by atoms with E-state index in [4.69, 9.17) is 4.98 Å². The highest BCUT2D eigenvalue weighted by atomic mass is 79.9. The van der Waals surface area contributed by atoms with Crippen LogP contribution < -0.4 is 5.32 Å². The topological polar surface area (TPSA) is 24.9 Å². The molecule has 5 heteroatoms. The van der Waals surface area contributed by atoms with Crippen LogP contribution in [0.3, 0.4) is 0 Å². The Kier molecular flexibility index (Phi) is 5.40. The van der Waals surface area contributed by atoms with Crippen LogP contribution in [0.2, 0.25) is 0 Å². The molecule has 0 saturated heterocycles. The van der Waals surface area contributed by atoms with E-state index < -0.39 is 0 Å². The highest BCUT2D eigenvalue weighted by Gasteiger charge is 2.24. The second-order valence-electron chi connectivity index (χ2n) is 5.84. The lowest BCUT2D eigenvalue weighted by atomic mass is 9.93. The quantitative estimate of drug-likeness (QED) is 0.764. The maximum absolute atomic E-state index is 4.87. The van der Waals surface area contributed by atoms with Crippen molar-refractivity contribution < 1.29 is 0 Å². The van der Waals surface area contributed by atoms with E-state index in [-0.39, 0.29) is 11.5 Å². The first-order valence-electron chi connectivity index (χ1n) is 6.85. The molecule has 1 unspecified atom stereocenters. The lowest BCUT2D eigenvalue weighted by Crippen LogP contribution is -2.23. The van der Waals surface area contributed by atoms with Crippen LogP contribution in [-0.4, -0.2) is 11.5 Å². The van der Waals surface area contributed by atoms with Gasteiger partial charge in [0.1, 0.15) is 5.01 Å². The molecule has 0 bridgehead atoms. The SMILES string of the molecule is CCCNC(c1nc(C(C)(C)C)cs1)c1sccc1Br. The first-order chi connectivity index (χ1) is 9.43. The molecule has 0 aliphatic heterocycles. The van der Waals surface area contributed by atoms with Gasteiger partial charge in [-0.3, -0.25) is 0 Å². The summed E-state index contributed by atoms with van der Waals surface area (Å²) in [5.74, 6) is 0. The maximum atomic E-state index is 4.87. The first-order valence-corrected chi connectivity index (χ1v) is 9.41. The standard InChI is InChI=1S/C15H21BrN2S2/c1-5-7-17-12(13-10(16)6-8-19-13)14-18-11(9-20-14)15(2,3)4/h6,8-9,12,17H,5,7H2,1-4H3. The normalized spacial score (nSPS) is 13.7. The van der Waals surface area contributed by atoms with Crippen molar-refractivity contribution in [2.75, 3.05) is 6.54 Å². The molecule has 110 valence electrons. The van der Waals surface area contributed by atoms with Gasteiger partial charge in [-0.25, -0.2) is 4.98 Å². The number of aromatic nitrogens is 1. The van der Waals surface area contributed by atoms with Crippen molar-refractivity contribution >= 4 is 38.6 Å². The molecule has 0 fully saturated rings. The van der Waals surface area contributed by atoms with Crippen molar-refractivity contribution in [3.8, 4) is 0 Å². The van der Waals surface area contributed by atoms with Gasteiger partial charge in [0, 0.05) is 20.1 Å². The number of nitrogens with one attached hydrogen (secondary N) is 1. The van der Waals surface area contributed by atoms with Crippen molar-refractivity contribution in [1.29, 1.82) is 0 Å². The van der Waals surface area contributed by atoms with Gasteiger partial charge in [-0.15, -0.1) is 22.7 Å². The molecule has 2 rings (SSSR count). The Morgan fingerprint density at radius 3 is 2.60 bits per heavy atom. The minimum Gasteiger partial charge on any atom is -0.304 e. The number of rotatable bonds is 5. The molecule has 0 aromatic carbocycles. The molecule has 0 saturated carbocycles. The molecule has 20 heavy (non-hydrogen) atoms. The highest BCUT2D eigenvalue weighted by molar-refractivity contribution is 9.10. The van der Waals surface area contributed by atoms with Crippen LogP contribution in [0.5, 0.6) is 0 Å². The zero-order valence-electron chi connectivity index (χ0n) is 12.4. The predicted octanol–water partition coefficient (Wildman–Crippen LogP) is 5.35. The Bertz CT molecular complexity index is 554. The van der Waals surface area contributed by atoms with Crippen LogP contribution >= 0.6 is 38.6 Å². The number of nitrogens with zero attached hydrogens (tertiary/aromatic N) is 1. The van der Waals surface area contributed by atoms with Gasteiger partial charge in [-0.05, 0) is 40.3 Å². The van der Waals surface area contributed by atoms with Crippen molar-refractivity contribution in [2.45, 2.75) is 45.6 Å². The largest absolute Gasteiger partial charge is 0.304 e. The molecule has 0 amide bonds. The number of halogens is 1. The van der Waals surface area contributed by atoms with Gasteiger partial charge in [-0.1, -0.05) is 27.7 Å². The van der Waals surface area contributed by atoms with E-state index in [0.717, 1.165) is 18.0 Å². The Hall–Kier alpha value is -0.230. The Morgan fingerprint density at radius 1 is 1.35 bits per heavy atom. The second kappa shape index (κ2) is 6.69. The molecule has 1 N–H and O–H groups in total. The third-order valence-electron chi connectivity index (χ3n) is 3.04. The Morgan fingerprint density at radius 2 is 2.10 bits per heavy atom. The van der Waals surface area contributed by atoms with E-state index in [1.54, 1.807) is 22.7 Å². The molecular weight excluding hydrogens is 352 g/mol. The van der Waals surface area contributed by atoms with Crippen molar-refractivity contribution in [2.24, 2.45) is 0 Å². The molecule has 2 aromatic rings. The van der Waals surface area contributed by atoms with Gasteiger partial charge in [-0.2, -0.15) is 0 Å². The second-order valence-corrected chi connectivity index (χ2v) is 8.53. The summed E-state index contributed by atoms with van der Waals surface area (Å²) in [5, 5.41) is 9.10. The summed E-state index contributed by atoms with van der Waals surface area (Å²) in [6, 6.07) is 2.31. The van der Waals surface area contributed by atoms with Crippen LogP contribution in [0, 0.1) is 0 Å². The zero-order chi connectivity index (χ0) is 14.8. The first kappa shape index (κ1) is 16.1. The van der Waals surface area contributed by atoms with E-state index >= 15 is 0 Å². The molecule has 0 spiro atoms. The molecular formula is C15H21BrN2S2. The van der Waals surface area contributed by atoms with E-state index in [0.29, 0.717) is 0 Å². The van der Waals surface area contributed by atoms with E-state index in [1.165, 1.54) is 15.0 Å². The minimum atomic E-state index is 0.108. The summed E-state index contributed by atoms with van der Waals surface area (Å²) in [5.41, 5.74) is 1.28. The van der Waals surface area contributed by atoms with Crippen LogP contribution in [-0.2, 0) is 5.41 Å². The van der Waals surface area contributed by atoms with Gasteiger partial charge in [0.25, 0.3) is 0 Å². The van der Waals surface area contributed by atoms with Crippen LogP contribution in [0.25, 0.3) is 0 Å². The molecule has 0 aliphatic carbocycles. The summed E-state index contributed by atoms with van der Waals surface area (Å²) in [6.07, 6.45) is 1.12. The fraction of sp³-hybridized carbons (Fsp3) is 0.533. The summed E-state index contributed by atoms with van der Waals surface area (Å²) in [4.78, 5) is 6.19. The fourth-order valence-corrected chi connectivity index (χ4v) is 4.74. The molecule has 0 radical (unpaired) electrons. The lowest BCUT2D eigenvalue weighted by molar-refractivity contribution is 0.559. The number of thiazole rings is 1. The van der Waals surface area contributed by atoms with E-state index in [1.807, 2.05) is 0 Å². The minimum absolute atomic E-state index is 0.108. The highest BCUT2D eigenvalue weighted by Crippen LogP contribution is 2.36. The fourth-order valence-electron chi connectivity index (χ4n) is 1.86. The van der Waals surface area contributed by atoms with Crippen LogP contribution in [0.4, 0.5) is 0 Å². The maximum Gasteiger partial charge on any atom is 0.115 e. The summed E-state index contributed by atoms with van der Waals surface area (Å²) < 4.78 is 1.17. The summed E-state index contributed by atoms with van der Waals surface area (Å²) >= 11 is 7.18. The van der Waals surface area contributed by atoms with Gasteiger partial charge >= 0.3 is 0 Å². The molecule has 1 atom stereocenters. The molecule has 2 nitrogen and oxygen atoms in total. The Labute approximate surface area is 137 Å². The average molecular weight is 373 g/mol. The van der Waals surface area contributed by atoms with E-state index in [2.05, 4.69) is 65.8 Å². The molecule has 2 heterocycles. The van der Waals surface area contributed by atoms with Crippen molar-refractivity contribution in [1.82, 2.24) is 10.3 Å². The third-order valence-corrected chi connectivity index (χ3v) is 5.89. The molecule has 2 aromatic heterocycles. The van der Waals surface area contributed by atoms with Gasteiger partial charge in [0.2, 0.25) is 0 Å². The van der Waals surface area contributed by atoms with Gasteiger partial charge in [0.05, 0.1) is 11.7 Å².